The molecule has 7 nitrogen and oxygen atoms in total. The summed E-state index contributed by atoms with van der Waals surface area (Å²) in [6, 6.07) is 12.8. The predicted octanol–water partition coefficient (Wildman–Crippen LogP) is 2.79. The fourth-order valence-corrected chi connectivity index (χ4v) is 4.07. The number of rotatable bonds is 3. The normalized spacial score (nSPS) is 18.7. The van der Waals surface area contributed by atoms with Crippen molar-refractivity contribution in [3.63, 3.8) is 0 Å². The second kappa shape index (κ2) is 8.07. The molecule has 0 spiro atoms. The van der Waals surface area contributed by atoms with Crippen molar-refractivity contribution in [3.05, 3.63) is 77.1 Å². The lowest BCUT2D eigenvalue weighted by Gasteiger charge is -2.36. The third kappa shape index (κ3) is 3.76. The quantitative estimate of drug-likeness (QED) is 0.646. The van der Waals surface area contributed by atoms with Crippen LogP contribution in [0.5, 0.6) is 0 Å². The van der Waals surface area contributed by atoms with Gasteiger partial charge in [-0.05, 0) is 29.8 Å². The summed E-state index contributed by atoms with van der Waals surface area (Å²) in [4.78, 5) is 16.7. The van der Waals surface area contributed by atoms with Gasteiger partial charge < -0.3 is 14.5 Å². The fraction of sp³-hybridized carbons (Fsp3) is 0.318. The maximum Gasteiger partial charge on any atom is 0.276 e. The van der Waals surface area contributed by atoms with E-state index in [1.165, 1.54) is 18.2 Å². The van der Waals surface area contributed by atoms with E-state index in [9.17, 15) is 13.6 Å². The molecule has 1 saturated heterocycles. The number of carbonyl (C=O) groups is 1. The monoisotopic (exact) mass is 425 g/mol. The summed E-state index contributed by atoms with van der Waals surface area (Å²) in [5.41, 5.74) is 2.33. The molecule has 9 heteroatoms. The van der Waals surface area contributed by atoms with Crippen LogP contribution in [-0.4, -0.2) is 52.0 Å². The third-order valence-corrected chi connectivity index (χ3v) is 5.80. The van der Waals surface area contributed by atoms with Crippen molar-refractivity contribution in [1.82, 2.24) is 19.9 Å². The van der Waals surface area contributed by atoms with Crippen LogP contribution in [0.4, 0.5) is 14.5 Å². The molecule has 2 aliphatic rings. The van der Waals surface area contributed by atoms with Gasteiger partial charge in [0.05, 0.1) is 24.5 Å². The summed E-state index contributed by atoms with van der Waals surface area (Å²) in [6.07, 6.45) is -0.276. The highest BCUT2D eigenvalue weighted by molar-refractivity contribution is 5.93. The van der Waals surface area contributed by atoms with Crippen LogP contribution in [0, 0.1) is 11.6 Å². The van der Waals surface area contributed by atoms with Gasteiger partial charge in [-0.3, -0.25) is 4.79 Å². The average Bonchev–Trinajstić information content (AvgIpc) is 3.23. The molecule has 1 aromatic heterocycles. The Labute approximate surface area is 177 Å². The van der Waals surface area contributed by atoms with Crippen molar-refractivity contribution in [2.45, 2.75) is 19.3 Å². The van der Waals surface area contributed by atoms with E-state index < -0.39 is 0 Å². The molecule has 3 aromatic rings. The molecule has 2 aliphatic heterocycles. The van der Waals surface area contributed by atoms with Gasteiger partial charge in [0, 0.05) is 26.2 Å². The molecule has 5 rings (SSSR count). The van der Waals surface area contributed by atoms with Crippen LogP contribution in [0.3, 0.4) is 0 Å². The highest BCUT2D eigenvalue weighted by Gasteiger charge is 2.31. The lowest BCUT2D eigenvalue weighted by atomic mass is 10.1. The van der Waals surface area contributed by atoms with Gasteiger partial charge in [-0.2, -0.15) is 0 Å². The largest absolute Gasteiger partial charge is 0.366 e. The minimum atomic E-state index is -0.302. The summed E-state index contributed by atoms with van der Waals surface area (Å²) in [5.74, 6) is -0.759. The smallest absolute Gasteiger partial charge is 0.276 e. The number of carbonyl (C=O) groups excluding carboxylic acids is 1. The molecule has 0 N–H and O–H groups in total. The van der Waals surface area contributed by atoms with Gasteiger partial charge in [-0.15, -0.1) is 5.10 Å². The summed E-state index contributed by atoms with van der Waals surface area (Å²) in [5, 5.41) is 8.26. The zero-order chi connectivity index (χ0) is 21.4. The van der Waals surface area contributed by atoms with Crippen molar-refractivity contribution in [1.29, 1.82) is 0 Å². The molecule has 0 saturated carbocycles. The lowest BCUT2D eigenvalue weighted by Crippen LogP contribution is -2.49. The fourth-order valence-electron chi connectivity index (χ4n) is 4.07. The first-order valence-corrected chi connectivity index (χ1v) is 10.2. The van der Waals surface area contributed by atoms with Crippen LogP contribution in [-0.2, 0) is 17.9 Å². The number of hydrogen-bond acceptors (Lipinski definition) is 5. The molecule has 0 radical (unpaired) electrons. The number of anilines is 1. The number of hydrogen-bond donors (Lipinski definition) is 0. The Morgan fingerprint density at radius 1 is 1.00 bits per heavy atom. The molecule has 1 fully saturated rings. The molecule has 1 atom stereocenters. The highest BCUT2D eigenvalue weighted by atomic mass is 19.1. The number of piperazine rings is 1. The number of ether oxygens (including phenoxy) is 1. The topological polar surface area (TPSA) is 63.5 Å². The van der Waals surface area contributed by atoms with Crippen molar-refractivity contribution in [2.24, 2.45) is 0 Å². The molecule has 0 bridgehead atoms. The Bertz CT molecular complexity index is 1090. The van der Waals surface area contributed by atoms with E-state index in [4.69, 9.17) is 4.74 Å². The zero-order valence-electron chi connectivity index (χ0n) is 16.7. The van der Waals surface area contributed by atoms with Crippen molar-refractivity contribution in [2.75, 3.05) is 31.1 Å². The zero-order valence-corrected chi connectivity index (χ0v) is 16.7. The first-order valence-electron chi connectivity index (χ1n) is 10.2. The summed E-state index contributed by atoms with van der Waals surface area (Å²) in [6.45, 7) is 2.63. The van der Waals surface area contributed by atoms with Gasteiger partial charge in [0.15, 0.2) is 5.69 Å². The van der Waals surface area contributed by atoms with Gasteiger partial charge >= 0.3 is 0 Å². The van der Waals surface area contributed by atoms with E-state index in [0.717, 1.165) is 5.56 Å². The van der Waals surface area contributed by atoms with E-state index in [2.05, 4.69) is 10.3 Å². The van der Waals surface area contributed by atoms with Gasteiger partial charge in [0.2, 0.25) is 0 Å². The van der Waals surface area contributed by atoms with E-state index >= 15 is 0 Å². The van der Waals surface area contributed by atoms with Crippen LogP contribution in [0.2, 0.25) is 0 Å². The second-order valence-electron chi connectivity index (χ2n) is 7.65. The Morgan fingerprint density at radius 2 is 1.74 bits per heavy atom. The van der Waals surface area contributed by atoms with Crippen molar-refractivity contribution >= 4 is 11.6 Å². The van der Waals surface area contributed by atoms with Gasteiger partial charge in [0.25, 0.3) is 5.91 Å². The SMILES string of the molecule is O=C(c1nnn2c1CO[C@H](c1ccc(F)cc1)C2)N1CCN(c2ccccc2F)CC1. The molecule has 0 aliphatic carbocycles. The number of para-hydroxylation sites is 1. The molecular formula is C22H21F2N5O2. The Hall–Kier alpha value is -3.33. The first kappa shape index (κ1) is 19.6. The highest BCUT2D eigenvalue weighted by Crippen LogP contribution is 2.28. The first-order chi connectivity index (χ1) is 15.1. The second-order valence-corrected chi connectivity index (χ2v) is 7.65. The number of amides is 1. The average molecular weight is 425 g/mol. The summed E-state index contributed by atoms with van der Waals surface area (Å²) >= 11 is 0. The summed E-state index contributed by atoms with van der Waals surface area (Å²) in [7, 11) is 0. The van der Waals surface area contributed by atoms with E-state index in [-0.39, 0.29) is 35.9 Å². The Kier molecular flexibility index (Phi) is 5.11. The molecule has 160 valence electrons. The van der Waals surface area contributed by atoms with Crippen LogP contribution < -0.4 is 4.90 Å². The Balaban J connectivity index is 1.26. The number of aromatic nitrogens is 3. The molecular weight excluding hydrogens is 404 g/mol. The number of halogens is 2. The minimum Gasteiger partial charge on any atom is -0.366 e. The number of nitrogens with zero attached hydrogens (tertiary/aromatic N) is 5. The maximum atomic E-state index is 14.0. The molecule has 1 amide bonds. The number of fused-ring (bicyclic) bond motifs is 1. The molecule has 3 heterocycles. The third-order valence-electron chi connectivity index (χ3n) is 5.80. The van der Waals surface area contributed by atoms with Gasteiger partial charge in [-0.25, -0.2) is 13.5 Å². The minimum absolute atomic E-state index is 0.196. The van der Waals surface area contributed by atoms with Crippen molar-refractivity contribution < 1.29 is 18.3 Å². The molecule has 0 unspecified atom stereocenters. The van der Waals surface area contributed by atoms with E-state index in [0.29, 0.717) is 44.1 Å². The van der Waals surface area contributed by atoms with Crippen LogP contribution >= 0.6 is 0 Å². The number of benzene rings is 2. The standard InChI is InChI=1S/C22H21F2N5O2/c23-16-7-5-15(6-8-16)20-13-29-19(14-31-20)21(25-26-29)22(30)28-11-9-27(10-12-28)18-4-2-1-3-17(18)24/h1-8,20H,9-14H2/t20-/m0/s1. The molecule has 2 aromatic carbocycles. The predicted molar refractivity (Wildman–Crippen MR) is 108 cm³/mol. The summed E-state index contributed by atoms with van der Waals surface area (Å²) < 4.78 is 34.8. The maximum absolute atomic E-state index is 14.0. The molecule has 31 heavy (non-hydrogen) atoms. The van der Waals surface area contributed by atoms with E-state index in [1.807, 2.05) is 4.90 Å². The Morgan fingerprint density at radius 3 is 2.48 bits per heavy atom. The van der Waals surface area contributed by atoms with E-state index in [1.54, 1.807) is 39.9 Å². The van der Waals surface area contributed by atoms with Crippen LogP contribution in [0.25, 0.3) is 0 Å². The van der Waals surface area contributed by atoms with Gasteiger partial charge in [-0.1, -0.05) is 29.5 Å². The van der Waals surface area contributed by atoms with Crippen LogP contribution in [0.15, 0.2) is 48.5 Å². The van der Waals surface area contributed by atoms with Crippen LogP contribution in [0.1, 0.15) is 27.8 Å². The van der Waals surface area contributed by atoms with Crippen molar-refractivity contribution in [3.8, 4) is 0 Å². The lowest BCUT2D eigenvalue weighted by molar-refractivity contribution is -0.00199. The van der Waals surface area contributed by atoms with Gasteiger partial charge in [0.1, 0.15) is 17.7 Å².